The second-order valence-corrected chi connectivity index (χ2v) is 5.74. The summed E-state index contributed by atoms with van der Waals surface area (Å²) in [5.74, 6) is -0.312. The number of amides is 1. The lowest BCUT2D eigenvalue weighted by Gasteiger charge is -2.07. The Morgan fingerprint density at radius 3 is 2.71 bits per heavy atom. The summed E-state index contributed by atoms with van der Waals surface area (Å²) >= 11 is 5.57. The van der Waals surface area contributed by atoms with Crippen LogP contribution in [0.15, 0.2) is 29.2 Å². The van der Waals surface area contributed by atoms with Crippen LogP contribution in [0.1, 0.15) is 12.5 Å². The number of benzene rings is 1. The molecule has 0 spiro atoms. The fraction of sp³-hybridized carbons (Fsp3) is 0.300. The second-order valence-electron chi connectivity index (χ2n) is 3.53. The van der Waals surface area contributed by atoms with E-state index in [-0.39, 0.29) is 17.3 Å². The minimum absolute atomic E-state index is 0.0168. The fourth-order valence-electron chi connectivity index (χ4n) is 1.16. The predicted molar refractivity (Wildman–Crippen MR) is 65.0 cm³/mol. The van der Waals surface area contributed by atoms with Crippen molar-refractivity contribution in [1.82, 2.24) is 5.32 Å². The van der Waals surface area contributed by atoms with Crippen LogP contribution in [0.4, 0.5) is 0 Å². The van der Waals surface area contributed by atoms with Gasteiger partial charge in [0.2, 0.25) is 15.9 Å². The molecule has 5 nitrogen and oxygen atoms in total. The second kappa shape index (κ2) is 5.48. The molecule has 1 aromatic carbocycles. The Morgan fingerprint density at radius 1 is 1.53 bits per heavy atom. The van der Waals surface area contributed by atoms with Gasteiger partial charge in [-0.1, -0.05) is 12.1 Å². The summed E-state index contributed by atoms with van der Waals surface area (Å²) in [6.45, 7) is 1.76. The highest BCUT2D eigenvalue weighted by molar-refractivity contribution is 7.89. The highest BCUT2D eigenvalue weighted by Crippen LogP contribution is 2.09. The normalized spacial score (nSPS) is 13.1. The maximum absolute atomic E-state index is 11.2. The van der Waals surface area contributed by atoms with E-state index in [1.54, 1.807) is 19.1 Å². The lowest BCUT2D eigenvalue weighted by atomic mass is 10.2. The van der Waals surface area contributed by atoms with Gasteiger partial charge >= 0.3 is 0 Å². The number of sulfonamides is 1. The Labute approximate surface area is 105 Å². The minimum atomic E-state index is -3.72. The van der Waals surface area contributed by atoms with E-state index in [1.165, 1.54) is 12.1 Å². The van der Waals surface area contributed by atoms with Gasteiger partial charge in [0.1, 0.15) is 5.38 Å². The standard InChI is InChI=1S/C10H13ClN2O3S/c1-7(11)10(14)13-6-8-3-2-4-9(5-8)17(12,15)16/h2-5,7H,6H2,1H3,(H,13,14)(H2,12,15,16). The van der Waals surface area contributed by atoms with Gasteiger partial charge in [-0.2, -0.15) is 0 Å². The van der Waals surface area contributed by atoms with E-state index >= 15 is 0 Å². The minimum Gasteiger partial charge on any atom is -0.351 e. The van der Waals surface area contributed by atoms with Gasteiger partial charge in [0.25, 0.3) is 0 Å². The Bertz CT molecular complexity index is 514. The lowest BCUT2D eigenvalue weighted by Crippen LogP contribution is -2.29. The molecule has 94 valence electrons. The van der Waals surface area contributed by atoms with Crippen LogP contribution in [0.3, 0.4) is 0 Å². The van der Waals surface area contributed by atoms with E-state index in [0.717, 1.165) is 0 Å². The van der Waals surface area contributed by atoms with Crippen molar-refractivity contribution in [1.29, 1.82) is 0 Å². The summed E-state index contributed by atoms with van der Waals surface area (Å²) in [4.78, 5) is 11.2. The van der Waals surface area contributed by atoms with Crippen molar-refractivity contribution in [3.63, 3.8) is 0 Å². The Morgan fingerprint density at radius 2 is 2.18 bits per heavy atom. The molecule has 1 atom stereocenters. The first-order valence-electron chi connectivity index (χ1n) is 4.84. The van der Waals surface area contributed by atoms with E-state index in [2.05, 4.69) is 5.32 Å². The maximum atomic E-state index is 11.2. The van der Waals surface area contributed by atoms with E-state index in [4.69, 9.17) is 16.7 Å². The van der Waals surface area contributed by atoms with Crippen LogP contribution in [0.5, 0.6) is 0 Å². The third kappa shape index (κ3) is 4.33. The van der Waals surface area contributed by atoms with Crippen molar-refractivity contribution < 1.29 is 13.2 Å². The molecule has 0 aliphatic carbocycles. The molecule has 1 rings (SSSR count). The van der Waals surface area contributed by atoms with E-state index < -0.39 is 15.4 Å². The molecule has 0 aromatic heterocycles. The lowest BCUT2D eigenvalue weighted by molar-refractivity contribution is -0.120. The molecule has 0 bridgehead atoms. The topological polar surface area (TPSA) is 89.3 Å². The van der Waals surface area contributed by atoms with E-state index in [9.17, 15) is 13.2 Å². The Kier molecular flexibility index (Phi) is 4.50. The van der Waals surface area contributed by atoms with Crippen LogP contribution in [0.2, 0.25) is 0 Å². The number of hydrogen-bond donors (Lipinski definition) is 2. The molecule has 0 fully saturated rings. The Balaban J connectivity index is 2.77. The highest BCUT2D eigenvalue weighted by atomic mass is 35.5. The van der Waals surface area contributed by atoms with Crippen LogP contribution in [-0.4, -0.2) is 19.7 Å². The smallest absolute Gasteiger partial charge is 0.238 e. The van der Waals surface area contributed by atoms with Crippen molar-refractivity contribution in [3.8, 4) is 0 Å². The predicted octanol–water partition coefficient (Wildman–Crippen LogP) is 0.578. The zero-order valence-electron chi connectivity index (χ0n) is 9.18. The van der Waals surface area contributed by atoms with Gasteiger partial charge in [-0.15, -0.1) is 11.6 Å². The molecule has 0 saturated heterocycles. The SMILES string of the molecule is CC(Cl)C(=O)NCc1cccc(S(N)(=O)=O)c1. The van der Waals surface area contributed by atoms with Gasteiger partial charge in [-0.05, 0) is 24.6 Å². The molecular weight excluding hydrogens is 264 g/mol. The molecular formula is C10H13ClN2O3S. The fourth-order valence-corrected chi connectivity index (χ4v) is 1.82. The van der Waals surface area contributed by atoms with Crippen LogP contribution >= 0.6 is 11.6 Å². The maximum Gasteiger partial charge on any atom is 0.238 e. The molecule has 0 aliphatic rings. The number of nitrogens with one attached hydrogen (secondary N) is 1. The number of hydrogen-bond acceptors (Lipinski definition) is 3. The van der Waals surface area contributed by atoms with E-state index in [1.807, 2.05) is 0 Å². The first-order valence-corrected chi connectivity index (χ1v) is 6.82. The molecule has 0 aliphatic heterocycles. The third-order valence-electron chi connectivity index (χ3n) is 2.06. The van der Waals surface area contributed by atoms with Crippen molar-refractivity contribution in [2.45, 2.75) is 23.7 Å². The van der Waals surface area contributed by atoms with Crippen LogP contribution in [0.25, 0.3) is 0 Å². The summed E-state index contributed by atoms with van der Waals surface area (Å²) in [7, 11) is -3.72. The van der Waals surface area contributed by atoms with Gasteiger partial charge in [0.15, 0.2) is 0 Å². The van der Waals surface area contributed by atoms with Crippen molar-refractivity contribution in [3.05, 3.63) is 29.8 Å². The van der Waals surface area contributed by atoms with E-state index in [0.29, 0.717) is 5.56 Å². The van der Waals surface area contributed by atoms with Crippen LogP contribution in [0, 0.1) is 0 Å². The van der Waals surface area contributed by atoms with Crippen molar-refractivity contribution in [2.24, 2.45) is 5.14 Å². The number of rotatable bonds is 4. The van der Waals surface area contributed by atoms with Gasteiger partial charge < -0.3 is 5.32 Å². The number of alkyl halides is 1. The zero-order valence-corrected chi connectivity index (χ0v) is 10.8. The average Bonchev–Trinajstić information content (AvgIpc) is 2.25. The van der Waals surface area contributed by atoms with Crippen LogP contribution < -0.4 is 10.5 Å². The molecule has 1 amide bonds. The molecule has 17 heavy (non-hydrogen) atoms. The average molecular weight is 277 g/mol. The largest absolute Gasteiger partial charge is 0.351 e. The quantitative estimate of drug-likeness (QED) is 0.788. The number of primary sulfonamides is 1. The molecule has 0 heterocycles. The number of carbonyl (C=O) groups excluding carboxylic acids is 1. The number of carbonyl (C=O) groups is 1. The monoisotopic (exact) mass is 276 g/mol. The first kappa shape index (κ1) is 14.0. The van der Waals surface area contributed by atoms with Crippen LogP contribution in [-0.2, 0) is 21.4 Å². The van der Waals surface area contributed by atoms with Gasteiger partial charge in [-0.3, -0.25) is 4.79 Å². The molecule has 1 aromatic rings. The summed E-state index contributed by atoms with van der Waals surface area (Å²) in [5, 5.41) is 6.94. The summed E-state index contributed by atoms with van der Waals surface area (Å²) < 4.78 is 22.2. The van der Waals surface area contributed by atoms with Crippen molar-refractivity contribution >= 4 is 27.5 Å². The molecule has 0 saturated carbocycles. The third-order valence-corrected chi connectivity index (χ3v) is 3.16. The number of nitrogens with two attached hydrogens (primary N) is 1. The zero-order chi connectivity index (χ0) is 13.1. The summed E-state index contributed by atoms with van der Waals surface area (Å²) in [5.41, 5.74) is 0.641. The molecule has 1 unspecified atom stereocenters. The van der Waals surface area contributed by atoms with Gasteiger partial charge in [0.05, 0.1) is 4.90 Å². The molecule has 7 heteroatoms. The molecule has 0 radical (unpaired) electrons. The van der Waals surface area contributed by atoms with Crippen molar-refractivity contribution in [2.75, 3.05) is 0 Å². The van der Waals surface area contributed by atoms with Gasteiger partial charge in [0, 0.05) is 6.54 Å². The highest BCUT2D eigenvalue weighted by Gasteiger charge is 2.10. The van der Waals surface area contributed by atoms with Gasteiger partial charge in [-0.25, -0.2) is 13.6 Å². The summed E-state index contributed by atoms with van der Waals surface area (Å²) in [6.07, 6.45) is 0. The first-order chi connectivity index (χ1) is 7.80. The number of halogens is 1. The molecule has 3 N–H and O–H groups in total. The Hall–Kier alpha value is -1.11. The summed E-state index contributed by atoms with van der Waals surface area (Å²) in [6, 6.07) is 6.05.